The maximum Gasteiger partial charge on any atom is -0.0117 e. The molecule has 0 aromatic heterocycles. The van der Waals surface area contributed by atoms with Crippen LogP contribution in [-0.4, -0.2) is 0 Å². The van der Waals surface area contributed by atoms with Crippen molar-refractivity contribution in [2.24, 2.45) is 11.3 Å². The molecule has 1 atom stereocenters. The van der Waals surface area contributed by atoms with E-state index in [-0.39, 0.29) is 0 Å². The Morgan fingerprint density at radius 1 is 1.33 bits per heavy atom. The van der Waals surface area contributed by atoms with Crippen LogP contribution in [0.5, 0.6) is 0 Å². The van der Waals surface area contributed by atoms with Crippen molar-refractivity contribution in [1.29, 1.82) is 0 Å². The third-order valence-corrected chi connectivity index (χ3v) is 4.11. The van der Waals surface area contributed by atoms with Crippen molar-refractivity contribution < 1.29 is 0 Å². The summed E-state index contributed by atoms with van der Waals surface area (Å²) in [5.74, 6) is 0.751. The fourth-order valence-corrected chi connectivity index (χ4v) is 2.55. The molecule has 0 saturated carbocycles. The van der Waals surface area contributed by atoms with Gasteiger partial charge in [0, 0.05) is 0 Å². The minimum absolute atomic E-state index is 0.482. The van der Waals surface area contributed by atoms with Gasteiger partial charge in [-0.3, -0.25) is 0 Å². The van der Waals surface area contributed by atoms with Crippen molar-refractivity contribution in [2.75, 3.05) is 0 Å². The Morgan fingerprint density at radius 3 is 2.40 bits per heavy atom. The molecule has 0 heterocycles. The molecular weight excluding hydrogens is 180 g/mol. The zero-order chi connectivity index (χ0) is 11.6. The van der Waals surface area contributed by atoms with Crippen LogP contribution in [0.3, 0.4) is 0 Å². The van der Waals surface area contributed by atoms with Gasteiger partial charge in [-0.1, -0.05) is 36.6 Å². The predicted molar refractivity (Wildman–Crippen MR) is 68.9 cm³/mol. The molecule has 15 heavy (non-hydrogen) atoms. The predicted octanol–water partition coefficient (Wildman–Crippen LogP) is 5.12. The average molecular weight is 206 g/mol. The first kappa shape index (κ1) is 12.5. The minimum atomic E-state index is 0.482. The minimum Gasteiger partial charge on any atom is -0.0853 e. The summed E-state index contributed by atoms with van der Waals surface area (Å²) in [5, 5.41) is 0. The Hall–Kier alpha value is -0.520. The van der Waals surface area contributed by atoms with Crippen molar-refractivity contribution in [2.45, 2.75) is 60.8 Å². The lowest BCUT2D eigenvalue weighted by Crippen LogP contribution is -2.28. The number of hydrogen-bond donors (Lipinski definition) is 0. The van der Waals surface area contributed by atoms with Gasteiger partial charge in [0.15, 0.2) is 0 Å². The quantitative estimate of drug-likeness (QED) is 0.550. The molecule has 0 aliphatic heterocycles. The summed E-state index contributed by atoms with van der Waals surface area (Å²) in [6, 6.07) is 0. The largest absolute Gasteiger partial charge is 0.0853 e. The Kier molecular flexibility index (Phi) is 3.81. The molecular formula is C15H26. The zero-order valence-corrected chi connectivity index (χ0v) is 11.3. The molecule has 0 N–H and O–H groups in total. The highest BCUT2D eigenvalue weighted by molar-refractivity contribution is 5.18. The monoisotopic (exact) mass is 206 g/mol. The normalized spacial score (nSPS) is 24.7. The molecule has 1 unspecified atom stereocenters. The van der Waals surface area contributed by atoms with Crippen LogP contribution in [0, 0.1) is 11.3 Å². The van der Waals surface area contributed by atoms with E-state index in [1.165, 1.54) is 24.8 Å². The molecule has 0 heteroatoms. The second-order valence-electron chi connectivity index (χ2n) is 6.01. The Labute approximate surface area is 95.5 Å². The van der Waals surface area contributed by atoms with Crippen LogP contribution in [0.1, 0.15) is 60.8 Å². The van der Waals surface area contributed by atoms with Crippen molar-refractivity contribution in [3.05, 3.63) is 22.8 Å². The number of hydrogen-bond acceptors (Lipinski definition) is 0. The van der Waals surface area contributed by atoms with Crippen LogP contribution in [0.25, 0.3) is 0 Å². The highest BCUT2D eigenvalue weighted by Gasteiger charge is 2.32. The van der Waals surface area contributed by atoms with E-state index < -0.39 is 0 Å². The van der Waals surface area contributed by atoms with Crippen LogP contribution in [0.4, 0.5) is 0 Å². The Balaban J connectivity index is 2.86. The van der Waals surface area contributed by atoms with Crippen molar-refractivity contribution >= 4 is 0 Å². The summed E-state index contributed by atoms with van der Waals surface area (Å²) in [5.41, 5.74) is 5.15. The molecule has 0 bridgehead atoms. The van der Waals surface area contributed by atoms with Gasteiger partial charge in [-0.05, 0) is 58.3 Å². The van der Waals surface area contributed by atoms with Crippen molar-refractivity contribution in [1.82, 2.24) is 0 Å². The van der Waals surface area contributed by atoms with Gasteiger partial charge >= 0.3 is 0 Å². The topological polar surface area (TPSA) is 0 Å². The summed E-state index contributed by atoms with van der Waals surface area (Å²) >= 11 is 0. The Bertz CT molecular complexity index is 285. The van der Waals surface area contributed by atoms with Crippen LogP contribution in [0.15, 0.2) is 22.8 Å². The molecule has 1 rings (SSSR count). The molecule has 86 valence electrons. The van der Waals surface area contributed by atoms with Crippen LogP contribution >= 0.6 is 0 Å². The molecule has 0 nitrogen and oxygen atoms in total. The second-order valence-corrected chi connectivity index (χ2v) is 6.01. The average Bonchev–Trinajstić information content (AvgIpc) is 2.10. The van der Waals surface area contributed by atoms with Gasteiger partial charge in [0.2, 0.25) is 0 Å². The van der Waals surface area contributed by atoms with Gasteiger partial charge in [-0.25, -0.2) is 0 Å². The van der Waals surface area contributed by atoms with Gasteiger partial charge in [0.05, 0.1) is 0 Å². The maximum absolute atomic E-state index is 2.44. The smallest absolute Gasteiger partial charge is 0.0117 e. The summed E-state index contributed by atoms with van der Waals surface area (Å²) in [6.45, 7) is 13.9. The van der Waals surface area contributed by atoms with Gasteiger partial charge in [0.25, 0.3) is 0 Å². The summed E-state index contributed by atoms with van der Waals surface area (Å²) in [6.07, 6.45) is 6.29. The van der Waals surface area contributed by atoms with Crippen LogP contribution < -0.4 is 0 Å². The molecule has 0 fully saturated rings. The first-order valence-electron chi connectivity index (χ1n) is 6.14. The van der Waals surface area contributed by atoms with Crippen LogP contribution in [-0.2, 0) is 0 Å². The zero-order valence-electron chi connectivity index (χ0n) is 11.3. The van der Waals surface area contributed by atoms with Crippen molar-refractivity contribution in [3.63, 3.8) is 0 Å². The van der Waals surface area contributed by atoms with E-state index in [0.29, 0.717) is 5.41 Å². The lowest BCUT2D eigenvalue weighted by molar-refractivity contribution is 0.213. The van der Waals surface area contributed by atoms with E-state index in [0.717, 1.165) is 5.92 Å². The summed E-state index contributed by atoms with van der Waals surface area (Å²) in [7, 11) is 0. The molecule has 0 aromatic rings. The highest BCUT2D eigenvalue weighted by Crippen LogP contribution is 2.44. The molecule has 1 aliphatic carbocycles. The SMILES string of the molecule is CC1=CCCC(C)(C)C1CC(C)=C(C)C. The van der Waals surface area contributed by atoms with E-state index in [1.54, 1.807) is 11.1 Å². The van der Waals surface area contributed by atoms with Gasteiger partial charge in [-0.2, -0.15) is 0 Å². The van der Waals surface area contributed by atoms with Gasteiger partial charge in [0.1, 0.15) is 0 Å². The van der Waals surface area contributed by atoms with Gasteiger partial charge in [-0.15, -0.1) is 0 Å². The fourth-order valence-electron chi connectivity index (χ4n) is 2.55. The highest BCUT2D eigenvalue weighted by atomic mass is 14.4. The fraction of sp³-hybridized carbons (Fsp3) is 0.733. The van der Waals surface area contributed by atoms with Gasteiger partial charge < -0.3 is 0 Å². The first-order chi connectivity index (χ1) is 6.84. The molecule has 1 aliphatic rings. The lowest BCUT2D eigenvalue weighted by Gasteiger charge is -2.39. The molecule has 0 radical (unpaired) electrons. The molecule has 0 aromatic carbocycles. The second kappa shape index (κ2) is 4.55. The van der Waals surface area contributed by atoms with E-state index in [9.17, 15) is 0 Å². The lowest BCUT2D eigenvalue weighted by atomic mass is 9.66. The summed E-state index contributed by atoms with van der Waals surface area (Å²) < 4.78 is 0. The van der Waals surface area contributed by atoms with E-state index in [2.05, 4.69) is 47.6 Å². The van der Waals surface area contributed by atoms with E-state index in [4.69, 9.17) is 0 Å². The Morgan fingerprint density at radius 2 is 1.93 bits per heavy atom. The third-order valence-electron chi connectivity index (χ3n) is 4.11. The standard InChI is InChI=1S/C15H26/c1-11(2)13(4)10-14-12(3)8-7-9-15(14,5)6/h8,14H,7,9-10H2,1-6H3. The molecule has 0 saturated heterocycles. The van der Waals surface area contributed by atoms with Crippen LogP contribution in [0.2, 0.25) is 0 Å². The number of allylic oxidation sites excluding steroid dienone is 4. The first-order valence-corrected chi connectivity index (χ1v) is 6.14. The van der Waals surface area contributed by atoms with Crippen molar-refractivity contribution in [3.8, 4) is 0 Å². The van der Waals surface area contributed by atoms with E-state index >= 15 is 0 Å². The maximum atomic E-state index is 2.44. The third kappa shape index (κ3) is 2.96. The number of rotatable bonds is 2. The molecule has 0 amide bonds. The summed E-state index contributed by atoms with van der Waals surface area (Å²) in [4.78, 5) is 0. The van der Waals surface area contributed by atoms with E-state index in [1.807, 2.05) is 0 Å². The molecule has 0 spiro atoms.